The molecular formula is C14H20BrNO2. The minimum absolute atomic E-state index is 0.391. The van der Waals surface area contributed by atoms with E-state index in [1.165, 1.54) is 24.8 Å². The monoisotopic (exact) mass is 313 g/mol. The first kappa shape index (κ1) is 13.7. The molecule has 4 heteroatoms. The first-order valence-electron chi connectivity index (χ1n) is 6.50. The van der Waals surface area contributed by atoms with E-state index in [0.717, 1.165) is 22.5 Å². The molecule has 1 aromatic carbocycles. The van der Waals surface area contributed by atoms with Gasteiger partial charge in [0.2, 0.25) is 0 Å². The fourth-order valence-electron chi connectivity index (χ4n) is 2.38. The van der Waals surface area contributed by atoms with Crippen LogP contribution in [0.25, 0.3) is 0 Å². The van der Waals surface area contributed by atoms with Crippen molar-refractivity contribution in [2.24, 2.45) is 0 Å². The van der Waals surface area contributed by atoms with E-state index >= 15 is 0 Å². The predicted molar refractivity (Wildman–Crippen MR) is 76.5 cm³/mol. The Bertz CT molecular complexity index is 403. The number of hydrogen-bond acceptors (Lipinski definition) is 3. The summed E-state index contributed by atoms with van der Waals surface area (Å²) in [7, 11) is 1.67. The minimum atomic E-state index is 0.391. The third kappa shape index (κ3) is 2.98. The Balaban J connectivity index is 2.33. The van der Waals surface area contributed by atoms with E-state index in [2.05, 4.69) is 27.3 Å². The highest BCUT2D eigenvalue weighted by Gasteiger charge is 2.20. The van der Waals surface area contributed by atoms with E-state index < -0.39 is 0 Å². The van der Waals surface area contributed by atoms with E-state index in [0.29, 0.717) is 12.6 Å². The molecule has 1 unspecified atom stereocenters. The van der Waals surface area contributed by atoms with Crippen LogP contribution in [0.1, 0.15) is 37.8 Å². The lowest BCUT2D eigenvalue weighted by molar-refractivity contribution is 0.320. The molecule has 0 amide bonds. The lowest BCUT2D eigenvalue weighted by atomic mass is 9.96. The summed E-state index contributed by atoms with van der Waals surface area (Å²) >= 11 is 3.55. The van der Waals surface area contributed by atoms with Gasteiger partial charge in [-0.1, -0.05) is 6.42 Å². The van der Waals surface area contributed by atoms with Gasteiger partial charge in [-0.05, 0) is 48.3 Å². The summed E-state index contributed by atoms with van der Waals surface area (Å²) in [6, 6.07) is 4.48. The van der Waals surface area contributed by atoms with Gasteiger partial charge in [-0.25, -0.2) is 0 Å². The third-order valence-corrected chi connectivity index (χ3v) is 3.89. The number of rotatable bonds is 4. The maximum atomic E-state index is 5.75. The van der Waals surface area contributed by atoms with Gasteiger partial charge in [0.25, 0.3) is 0 Å². The molecule has 0 radical (unpaired) electrons. The Morgan fingerprint density at radius 3 is 2.78 bits per heavy atom. The highest BCUT2D eigenvalue weighted by atomic mass is 79.9. The first-order chi connectivity index (χ1) is 8.76. The average molecular weight is 314 g/mol. The number of nitrogens with one attached hydrogen (secondary N) is 1. The van der Waals surface area contributed by atoms with Crippen molar-refractivity contribution in [3.63, 3.8) is 0 Å². The molecule has 18 heavy (non-hydrogen) atoms. The number of benzene rings is 1. The van der Waals surface area contributed by atoms with E-state index in [1.807, 2.05) is 13.0 Å². The van der Waals surface area contributed by atoms with Gasteiger partial charge in [-0.2, -0.15) is 0 Å². The normalized spacial score (nSPS) is 19.6. The standard InChI is InChI=1S/C14H20BrNO2/c1-3-18-13-9-14(17-2)11(15)8-10(13)12-6-4-5-7-16-12/h8-9,12,16H,3-7H2,1-2H3. The maximum absolute atomic E-state index is 5.75. The second-order valence-electron chi connectivity index (χ2n) is 4.46. The van der Waals surface area contributed by atoms with Crippen molar-refractivity contribution in [1.29, 1.82) is 0 Å². The number of halogens is 1. The Kier molecular flexibility index (Phi) is 4.89. The highest BCUT2D eigenvalue weighted by molar-refractivity contribution is 9.10. The van der Waals surface area contributed by atoms with Gasteiger partial charge in [0, 0.05) is 17.7 Å². The Morgan fingerprint density at radius 1 is 1.33 bits per heavy atom. The third-order valence-electron chi connectivity index (χ3n) is 3.27. The fourth-order valence-corrected chi connectivity index (χ4v) is 2.90. The summed E-state index contributed by atoms with van der Waals surface area (Å²) in [5.74, 6) is 1.75. The van der Waals surface area contributed by atoms with E-state index in [9.17, 15) is 0 Å². The molecule has 2 rings (SSSR count). The van der Waals surface area contributed by atoms with Crippen LogP contribution in [-0.4, -0.2) is 20.3 Å². The quantitative estimate of drug-likeness (QED) is 0.920. The summed E-state index contributed by atoms with van der Waals surface area (Å²) in [5, 5.41) is 3.56. The van der Waals surface area contributed by atoms with Crippen LogP contribution in [0.4, 0.5) is 0 Å². The van der Waals surface area contributed by atoms with Gasteiger partial charge >= 0.3 is 0 Å². The van der Waals surface area contributed by atoms with Crippen LogP contribution in [0, 0.1) is 0 Å². The van der Waals surface area contributed by atoms with Crippen LogP contribution in [0.5, 0.6) is 11.5 Å². The van der Waals surface area contributed by atoms with Crippen LogP contribution in [0.3, 0.4) is 0 Å². The van der Waals surface area contributed by atoms with Crippen LogP contribution in [-0.2, 0) is 0 Å². The average Bonchev–Trinajstić information content (AvgIpc) is 2.41. The van der Waals surface area contributed by atoms with Crippen molar-refractivity contribution >= 4 is 15.9 Å². The zero-order chi connectivity index (χ0) is 13.0. The molecule has 0 spiro atoms. The van der Waals surface area contributed by atoms with Crippen LogP contribution < -0.4 is 14.8 Å². The molecule has 100 valence electrons. The summed E-state index contributed by atoms with van der Waals surface area (Å²) in [5.41, 5.74) is 1.23. The van der Waals surface area contributed by atoms with Crippen molar-refractivity contribution < 1.29 is 9.47 Å². The maximum Gasteiger partial charge on any atom is 0.136 e. The second kappa shape index (κ2) is 6.43. The van der Waals surface area contributed by atoms with Gasteiger partial charge < -0.3 is 14.8 Å². The second-order valence-corrected chi connectivity index (χ2v) is 5.31. The zero-order valence-electron chi connectivity index (χ0n) is 11.0. The smallest absolute Gasteiger partial charge is 0.136 e. The van der Waals surface area contributed by atoms with Crippen LogP contribution >= 0.6 is 15.9 Å². The SMILES string of the molecule is CCOc1cc(OC)c(Br)cc1C1CCCCN1. The lowest BCUT2D eigenvalue weighted by Gasteiger charge is -2.26. The number of methoxy groups -OCH3 is 1. The number of piperidine rings is 1. The molecule has 1 aromatic rings. The Labute approximate surface area is 117 Å². The molecule has 1 saturated heterocycles. The van der Waals surface area contributed by atoms with Crippen molar-refractivity contribution in [3.05, 3.63) is 22.2 Å². The van der Waals surface area contributed by atoms with Crippen molar-refractivity contribution in [1.82, 2.24) is 5.32 Å². The summed E-state index contributed by atoms with van der Waals surface area (Å²) in [6.45, 7) is 3.76. The Hall–Kier alpha value is -0.740. The number of ether oxygens (including phenoxy) is 2. The van der Waals surface area contributed by atoms with Crippen molar-refractivity contribution in [2.75, 3.05) is 20.3 Å². The molecule has 1 heterocycles. The molecule has 1 N–H and O–H groups in total. The summed E-state index contributed by atoms with van der Waals surface area (Å²) < 4.78 is 12.1. The number of hydrogen-bond donors (Lipinski definition) is 1. The summed E-state index contributed by atoms with van der Waals surface area (Å²) in [6.07, 6.45) is 3.70. The molecule has 1 atom stereocenters. The largest absolute Gasteiger partial charge is 0.495 e. The molecule has 0 aromatic heterocycles. The first-order valence-corrected chi connectivity index (χ1v) is 7.29. The van der Waals surface area contributed by atoms with Crippen molar-refractivity contribution in [3.8, 4) is 11.5 Å². The highest BCUT2D eigenvalue weighted by Crippen LogP contribution is 2.38. The Morgan fingerprint density at radius 2 is 2.17 bits per heavy atom. The van der Waals surface area contributed by atoms with Gasteiger partial charge in [-0.15, -0.1) is 0 Å². The molecule has 0 saturated carbocycles. The van der Waals surface area contributed by atoms with Crippen molar-refractivity contribution in [2.45, 2.75) is 32.2 Å². The van der Waals surface area contributed by atoms with E-state index in [-0.39, 0.29) is 0 Å². The molecule has 0 bridgehead atoms. The van der Waals surface area contributed by atoms with Gasteiger partial charge in [0.1, 0.15) is 11.5 Å². The molecule has 1 aliphatic heterocycles. The summed E-state index contributed by atoms with van der Waals surface area (Å²) in [4.78, 5) is 0. The van der Waals surface area contributed by atoms with Crippen LogP contribution in [0.2, 0.25) is 0 Å². The van der Waals surface area contributed by atoms with E-state index in [4.69, 9.17) is 9.47 Å². The van der Waals surface area contributed by atoms with Gasteiger partial charge in [0.05, 0.1) is 18.2 Å². The fraction of sp³-hybridized carbons (Fsp3) is 0.571. The molecular weight excluding hydrogens is 294 g/mol. The molecule has 1 aliphatic rings. The minimum Gasteiger partial charge on any atom is -0.495 e. The molecule has 1 fully saturated rings. The predicted octanol–water partition coefficient (Wildman–Crippen LogP) is 3.67. The molecule has 3 nitrogen and oxygen atoms in total. The van der Waals surface area contributed by atoms with E-state index in [1.54, 1.807) is 7.11 Å². The van der Waals surface area contributed by atoms with Crippen LogP contribution in [0.15, 0.2) is 16.6 Å². The zero-order valence-corrected chi connectivity index (χ0v) is 12.5. The van der Waals surface area contributed by atoms with Gasteiger partial charge in [-0.3, -0.25) is 0 Å². The topological polar surface area (TPSA) is 30.5 Å². The van der Waals surface area contributed by atoms with Gasteiger partial charge in [0.15, 0.2) is 0 Å². The molecule has 0 aliphatic carbocycles. The lowest BCUT2D eigenvalue weighted by Crippen LogP contribution is -2.27.